The molecule has 4 heteroatoms. The first kappa shape index (κ1) is 9.59. The summed E-state index contributed by atoms with van der Waals surface area (Å²) in [5.41, 5.74) is -1.11. The summed E-state index contributed by atoms with van der Waals surface area (Å²) in [5.74, 6) is 0. The van der Waals surface area contributed by atoms with Gasteiger partial charge < -0.3 is 9.47 Å². The molecule has 0 saturated carbocycles. The van der Waals surface area contributed by atoms with Crippen molar-refractivity contribution in [2.75, 3.05) is 7.11 Å². The molecule has 0 N–H and O–H groups in total. The summed E-state index contributed by atoms with van der Waals surface area (Å²) >= 11 is 0. The van der Waals surface area contributed by atoms with Crippen LogP contribution in [0.3, 0.4) is 0 Å². The maximum atomic E-state index is 10.8. The van der Waals surface area contributed by atoms with Crippen molar-refractivity contribution in [1.82, 2.24) is 0 Å². The van der Waals surface area contributed by atoms with E-state index in [2.05, 4.69) is 4.74 Å². The highest BCUT2D eigenvalue weighted by molar-refractivity contribution is 5.61. The van der Waals surface area contributed by atoms with Crippen molar-refractivity contribution in [2.24, 2.45) is 0 Å². The van der Waals surface area contributed by atoms with E-state index in [0.717, 1.165) is 12.8 Å². The monoisotopic (exact) mass is 181 g/mol. The summed E-state index contributed by atoms with van der Waals surface area (Å²) in [4.78, 5) is 10.8. The number of allylic oxidation sites excluding steroid dienone is 1. The fraction of sp³-hybridized carbons (Fsp3) is 0.556. The smallest absolute Gasteiger partial charge is 0.438 e. The van der Waals surface area contributed by atoms with Gasteiger partial charge in [-0.25, -0.2) is 4.79 Å². The molecule has 0 spiro atoms. The van der Waals surface area contributed by atoms with Gasteiger partial charge in [0, 0.05) is 6.42 Å². The van der Waals surface area contributed by atoms with Gasteiger partial charge in [-0.1, -0.05) is 6.08 Å². The van der Waals surface area contributed by atoms with E-state index < -0.39 is 11.8 Å². The Morgan fingerprint density at radius 1 is 1.69 bits per heavy atom. The number of nitrogens with zero attached hydrogens (tertiary/aromatic N) is 1. The summed E-state index contributed by atoms with van der Waals surface area (Å²) in [6.07, 6.45) is 4.96. The summed E-state index contributed by atoms with van der Waals surface area (Å²) in [7, 11) is 1.22. The minimum absolute atomic E-state index is 0.537. The fourth-order valence-corrected chi connectivity index (χ4v) is 1.23. The average molecular weight is 181 g/mol. The van der Waals surface area contributed by atoms with Gasteiger partial charge in [0.2, 0.25) is 5.60 Å². The van der Waals surface area contributed by atoms with Crippen LogP contribution in [0.25, 0.3) is 0 Å². The second-order valence-corrected chi connectivity index (χ2v) is 2.85. The van der Waals surface area contributed by atoms with Crippen LogP contribution >= 0.6 is 0 Å². The lowest BCUT2D eigenvalue weighted by molar-refractivity contribution is 0.0196. The highest BCUT2D eigenvalue weighted by atomic mass is 16.7. The Labute approximate surface area is 76.7 Å². The van der Waals surface area contributed by atoms with Gasteiger partial charge in [0.05, 0.1) is 7.11 Å². The third-order valence-corrected chi connectivity index (χ3v) is 1.93. The maximum Gasteiger partial charge on any atom is 0.509 e. The first-order chi connectivity index (χ1) is 6.22. The van der Waals surface area contributed by atoms with Gasteiger partial charge in [-0.15, -0.1) is 0 Å². The van der Waals surface area contributed by atoms with Crippen LogP contribution in [-0.4, -0.2) is 18.9 Å². The Hall–Kier alpha value is -1.50. The number of carbonyl (C=O) groups excluding carboxylic acids is 1. The van der Waals surface area contributed by atoms with Gasteiger partial charge in [0.15, 0.2) is 0 Å². The normalized spacial score (nSPS) is 26.2. The molecular formula is C9H11NO3. The largest absolute Gasteiger partial charge is 0.509 e. The van der Waals surface area contributed by atoms with Crippen LogP contribution in [0.1, 0.15) is 19.3 Å². The number of hydrogen-bond donors (Lipinski definition) is 0. The van der Waals surface area contributed by atoms with E-state index in [0.29, 0.717) is 6.42 Å². The SMILES string of the molecule is COC(=O)OC1(C#N)C=CCCC1. The molecule has 0 aliphatic heterocycles. The van der Waals surface area contributed by atoms with Crippen LogP contribution in [0.15, 0.2) is 12.2 Å². The molecule has 0 fully saturated rings. The van der Waals surface area contributed by atoms with E-state index in [9.17, 15) is 4.79 Å². The van der Waals surface area contributed by atoms with Crippen molar-refractivity contribution in [1.29, 1.82) is 5.26 Å². The van der Waals surface area contributed by atoms with Crippen LogP contribution in [-0.2, 0) is 9.47 Å². The topological polar surface area (TPSA) is 59.3 Å². The van der Waals surface area contributed by atoms with E-state index in [1.807, 2.05) is 12.1 Å². The Bertz CT molecular complexity index is 267. The summed E-state index contributed by atoms with van der Waals surface area (Å²) < 4.78 is 9.20. The molecule has 0 saturated heterocycles. The molecule has 0 bridgehead atoms. The number of ether oxygens (including phenoxy) is 2. The molecule has 1 rings (SSSR count). The third kappa shape index (κ3) is 2.22. The molecule has 0 radical (unpaired) electrons. The lowest BCUT2D eigenvalue weighted by atomic mass is 9.92. The van der Waals surface area contributed by atoms with E-state index in [1.54, 1.807) is 6.08 Å². The van der Waals surface area contributed by atoms with E-state index in [4.69, 9.17) is 10.00 Å². The fourth-order valence-electron chi connectivity index (χ4n) is 1.23. The van der Waals surface area contributed by atoms with Crippen LogP contribution in [0.4, 0.5) is 4.79 Å². The van der Waals surface area contributed by atoms with Crippen molar-refractivity contribution >= 4 is 6.16 Å². The van der Waals surface area contributed by atoms with E-state index in [1.165, 1.54) is 7.11 Å². The molecule has 4 nitrogen and oxygen atoms in total. The Morgan fingerprint density at radius 2 is 2.46 bits per heavy atom. The van der Waals surface area contributed by atoms with Crippen LogP contribution in [0.5, 0.6) is 0 Å². The molecule has 1 aliphatic rings. The van der Waals surface area contributed by atoms with E-state index >= 15 is 0 Å². The molecule has 0 heterocycles. The summed E-state index contributed by atoms with van der Waals surface area (Å²) in [6.45, 7) is 0. The van der Waals surface area contributed by atoms with Gasteiger partial charge in [0.25, 0.3) is 0 Å². The average Bonchev–Trinajstić information content (AvgIpc) is 2.19. The van der Waals surface area contributed by atoms with Crippen molar-refractivity contribution in [3.8, 4) is 6.07 Å². The van der Waals surface area contributed by atoms with Crippen molar-refractivity contribution in [2.45, 2.75) is 24.9 Å². The quantitative estimate of drug-likeness (QED) is 0.457. The predicted molar refractivity (Wildman–Crippen MR) is 44.8 cm³/mol. The third-order valence-electron chi connectivity index (χ3n) is 1.93. The molecule has 0 aromatic heterocycles. The molecule has 13 heavy (non-hydrogen) atoms. The molecule has 0 aromatic rings. The zero-order valence-electron chi connectivity index (χ0n) is 7.45. The highest BCUT2D eigenvalue weighted by Gasteiger charge is 2.33. The van der Waals surface area contributed by atoms with E-state index in [-0.39, 0.29) is 0 Å². The minimum atomic E-state index is -1.11. The number of nitriles is 1. The molecule has 1 unspecified atom stereocenters. The zero-order chi connectivity index (χ0) is 9.73. The Morgan fingerprint density at radius 3 is 2.92 bits per heavy atom. The molecule has 70 valence electrons. The van der Waals surface area contributed by atoms with Crippen molar-refractivity contribution < 1.29 is 14.3 Å². The predicted octanol–water partition coefficient (Wildman–Crippen LogP) is 1.77. The van der Waals surface area contributed by atoms with Gasteiger partial charge in [-0.05, 0) is 18.9 Å². The molecule has 0 amide bonds. The molecule has 0 aromatic carbocycles. The van der Waals surface area contributed by atoms with Gasteiger partial charge in [0.1, 0.15) is 6.07 Å². The van der Waals surface area contributed by atoms with Crippen LogP contribution in [0.2, 0.25) is 0 Å². The second kappa shape index (κ2) is 3.94. The van der Waals surface area contributed by atoms with Crippen LogP contribution < -0.4 is 0 Å². The molecule has 1 atom stereocenters. The number of rotatable bonds is 1. The lowest BCUT2D eigenvalue weighted by Crippen LogP contribution is -2.32. The lowest BCUT2D eigenvalue weighted by Gasteiger charge is -2.24. The number of carbonyl (C=O) groups is 1. The number of hydrogen-bond acceptors (Lipinski definition) is 4. The maximum absolute atomic E-state index is 10.8. The highest BCUT2D eigenvalue weighted by Crippen LogP contribution is 2.25. The van der Waals surface area contributed by atoms with Gasteiger partial charge >= 0.3 is 6.16 Å². The van der Waals surface area contributed by atoms with Crippen molar-refractivity contribution in [3.05, 3.63) is 12.2 Å². The zero-order valence-corrected chi connectivity index (χ0v) is 7.45. The minimum Gasteiger partial charge on any atom is -0.438 e. The molecular weight excluding hydrogens is 170 g/mol. The first-order valence-electron chi connectivity index (χ1n) is 4.08. The first-order valence-corrected chi connectivity index (χ1v) is 4.08. The summed E-state index contributed by atoms with van der Waals surface area (Å²) in [6, 6.07) is 1.97. The summed E-state index contributed by atoms with van der Waals surface area (Å²) in [5, 5.41) is 8.85. The second-order valence-electron chi connectivity index (χ2n) is 2.85. The van der Waals surface area contributed by atoms with Crippen molar-refractivity contribution in [3.63, 3.8) is 0 Å². The standard InChI is InChI=1S/C9H11NO3/c1-12-8(11)13-9(7-10)5-3-2-4-6-9/h3,5H,2,4,6H2,1H3. The van der Waals surface area contributed by atoms with Crippen LogP contribution in [0, 0.1) is 11.3 Å². The number of methoxy groups -OCH3 is 1. The Kier molecular flexibility index (Phi) is 2.91. The van der Waals surface area contributed by atoms with Gasteiger partial charge in [-0.2, -0.15) is 5.26 Å². The van der Waals surface area contributed by atoms with Gasteiger partial charge in [-0.3, -0.25) is 0 Å². The molecule has 1 aliphatic carbocycles. The Balaban J connectivity index is 2.70.